The molecule has 3 atom stereocenters. The highest BCUT2D eigenvalue weighted by atomic mass is 32.1. The summed E-state index contributed by atoms with van der Waals surface area (Å²) in [5.41, 5.74) is 3.17. The number of hydrogen-bond donors (Lipinski definition) is 2. The third-order valence-electron chi connectivity index (χ3n) is 6.87. The number of aromatic nitrogens is 1. The Morgan fingerprint density at radius 1 is 0.939 bits per heavy atom. The van der Waals surface area contributed by atoms with Gasteiger partial charge in [0.05, 0.1) is 16.5 Å². The van der Waals surface area contributed by atoms with Gasteiger partial charge in [-0.15, -0.1) is 0 Å². The molecule has 5 rings (SSSR count). The molecule has 2 fully saturated rings. The molecule has 170 valence electrons. The summed E-state index contributed by atoms with van der Waals surface area (Å²) in [7, 11) is 0. The van der Waals surface area contributed by atoms with Crippen LogP contribution in [0, 0.1) is 11.3 Å². The number of hydrogen-bond acceptors (Lipinski definition) is 6. The van der Waals surface area contributed by atoms with Crippen molar-refractivity contribution in [2.75, 3.05) is 23.3 Å². The van der Waals surface area contributed by atoms with Gasteiger partial charge >= 0.3 is 0 Å². The summed E-state index contributed by atoms with van der Waals surface area (Å²) < 4.78 is 0. The van der Waals surface area contributed by atoms with Crippen LogP contribution in [0.4, 0.5) is 10.8 Å². The van der Waals surface area contributed by atoms with Gasteiger partial charge in [-0.25, -0.2) is 4.98 Å². The summed E-state index contributed by atoms with van der Waals surface area (Å²) in [6, 6.07) is 22.1. The van der Waals surface area contributed by atoms with Crippen molar-refractivity contribution >= 4 is 22.2 Å². The van der Waals surface area contributed by atoms with E-state index in [1.165, 1.54) is 54.7 Å². The van der Waals surface area contributed by atoms with Crippen molar-refractivity contribution in [1.82, 2.24) is 10.3 Å². The van der Waals surface area contributed by atoms with Gasteiger partial charge in [0.2, 0.25) is 0 Å². The lowest BCUT2D eigenvalue weighted by Gasteiger charge is -2.40. The minimum Gasteiger partial charge on any atom is -0.370 e. The molecule has 2 aromatic carbocycles. The molecule has 3 unspecified atom stereocenters. The van der Waals surface area contributed by atoms with Crippen LogP contribution in [0.2, 0.25) is 0 Å². The van der Waals surface area contributed by atoms with Gasteiger partial charge in [0.25, 0.3) is 0 Å². The number of rotatable bonds is 6. The number of nitrogens with zero attached hydrogens (tertiary/aromatic N) is 3. The van der Waals surface area contributed by atoms with Crippen LogP contribution >= 0.6 is 11.3 Å². The normalized spacial score (nSPS) is 23.1. The van der Waals surface area contributed by atoms with Gasteiger partial charge in [-0.3, -0.25) is 0 Å². The lowest BCUT2D eigenvalue weighted by atomic mass is 9.89. The Kier molecular flexibility index (Phi) is 6.89. The second-order valence-electron chi connectivity index (χ2n) is 9.15. The lowest BCUT2D eigenvalue weighted by Crippen LogP contribution is -2.54. The fraction of sp³-hybridized carbons (Fsp3) is 0.407. The molecule has 6 heteroatoms. The predicted molar refractivity (Wildman–Crippen MR) is 137 cm³/mol. The highest BCUT2D eigenvalue weighted by Crippen LogP contribution is 2.31. The van der Waals surface area contributed by atoms with E-state index in [1.807, 2.05) is 18.3 Å². The number of nitrogens with one attached hydrogen (secondary N) is 2. The monoisotopic (exact) mass is 457 g/mol. The maximum Gasteiger partial charge on any atom is 0.183 e. The van der Waals surface area contributed by atoms with E-state index in [-0.39, 0.29) is 0 Å². The fourth-order valence-electron chi connectivity index (χ4n) is 5.14. The summed E-state index contributed by atoms with van der Waals surface area (Å²) in [5.74, 6) is 0. The lowest BCUT2D eigenvalue weighted by molar-refractivity contribution is 0.293. The van der Waals surface area contributed by atoms with Crippen LogP contribution in [0.25, 0.3) is 10.4 Å². The summed E-state index contributed by atoms with van der Waals surface area (Å²) in [6.07, 6.45) is 9.35. The molecular formula is C27H31N5S. The van der Waals surface area contributed by atoms with Crippen molar-refractivity contribution in [2.45, 2.75) is 56.7 Å². The Bertz CT molecular complexity index is 1070. The third kappa shape index (κ3) is 5.38. The SMILES string of the molecule is N#Cc1ccc(N2CCCC(NC3CCCCC3Nc3ncc(-c4ccccc4)s3)C2)cc1. The Morgan fingerprint density at radius 3 is 2.52 bits per heavy atom. The number of piperidine rings is 1. The summed E-state index contributed by atoms with van der Waals surface area (Å²) in [4.78, 5) is 8.35. The molecule has 0 bridgehead atoms. The maximum atomic E-state index is 9.07. The maximum absolute atomic E-state index is 9.07. The summed E-state index contributed by atoms with van der Waals surface area (Å²) >= 11 is 1.75. The second-order valence-corrected chi connectivity index (χ2v) is 10.2. The van der Waals surface area contributed by atoms with E-state index >= 15 is 0 Å². The van der Waals surface area contributed by atoms with E-state index in [4.69, 9.17) is 5.26 Å². The van der Waals surface area contributed by atoms with Gasteiger partial charge < -0.3 is 15.5 Å². The molecule has 0 amide bonds. The minimum atomic E-state index is 0.416. The molecule has 0 spiro atoms. The van der Waals surface area contributed by atoms with Crippen LogP contribution in [0.3, 0.4) is 0 Å². The Morgan fingerprint density at radius 2 is 1.73 bits per heavy atom. The smallest absolute Gasteiger partial charge is 0.183 e. The van der Waals surface area contributed by atoms with Crippen LogP contribution in [-0.4, -0.2) is 36.2 Å². The van der Waals surface area contributed by atoms with Crippen LogP contribution in [0.1, 0.15) is 44.1 Å². The first-order chi connectivity index (χ1) is 16.3. The minimum absolute atomic E-state index is 0.416. The van der Waals surface area contributed by atoms with E-state index in [0.29, 0.717) is 18.1 Å². The van der Waals surface area contributed by atoms with Gasteiger partial charge in [0.15, 0.2) is 5.13 Å². The summed E-state index contributed by atoms with van der Waals surface area (Å²) in [6.45, 7) is 2.10. The zero-order valence-corrected chi connectivity index (χ0v) is 19.7. The molecule has 33 heavy (non-hydrogen) atoms. The number of anilines is 2. The van der Waals surface area contributed by atoms with Crippen molar-refractivity contribution < 1.29 is 0 Å². The predicted octanol–water partition coefficient (Wildman–Crippen LogP) is 5.66. The average Bonchev–Trinajstić information content (AvgIpc) is 3.35. The topological polar surface area (TPSA) is 64.0 Å². The summed E-state index contributed by atoms with van der Waals surface area (Å²) in [5, 5.41) is 17.9. The standard InChI is InChI=1S/C27H31N5S/c28-17-20-12-14-23(15-13-20)32-16-6-9-22(19-32)30-24-10-4-5-11-25(24)31-27-29-18-26(33-27)21-7-2-1-3-8-21/h1-3,7-8,12-15,18,22,24-25,30H,4-6,9-11,16,19H2,(H,29,31). The van der Waals surface area contributed by atoms with Gasteiger partial charge in [-0.2, -0.15) is 5.26 Å². The molecule has 1 aliphatic carbocycles. The van der Waals surface area contributed by atoms with Crippen LogP contribution < -0.4 is 15.5 Å². The molecule has 2 N–H and O–H groups in total. The molecule has 2 heterocycles. The quantitative estimate of drug-likeness (QED) is 0.500. The van der Waals surface area contributed by atoms with E-state index < -0.39 is 0 Å². The van der Waals surface area contributed by atoms with Crippen LogP contribution in [-0.2, 0) is 0 Å². The van der Waals surface area contributed by atoms with E-state index in [9.17, 15) is 0 Å². The molecule has 1 saturated heterocycles. The zero-order valence-electron chi connectivity index (χ0n) is 18.9. The van der Waals surface area contributed by atoms with Gasteiger partial charge in [-0.1, -0.05) is 54.5 Å². The molecular weight excluding hydrogens is 426 g/mol. The first kappa shape index (κ1) is 21.9. The molecule has 5 nitrogen and oxygen atoms in total. The van der Waals surface area contributed by atoms with Crippen molar-refractivity contribution in [3.05, 3.63) is 66.4 Å². The van der Waals surface area contributed by atoms with E-state index in [0.717, 1.165) is 23.8 Å². The van der Waals surface area contributed by atoms with E-state index in [2.05, 4.69) is 69.1 Å². The number of nitriles is 1. The van der Waals surface area contributed by atoms with Crippen molar-refractivity contribution in [3.8, 4) is 16.5 Å². The molecule has 1 aromatic heterocycles. The van der Waals surface area contributed by atoms with Crippen LogP contribution in [0.5, 0.6) is 0 Å². The molecule has 3 aromatic rings. The largest absolute Gasteiger partial charge is 0.370 e. The van der Waals surface area contributed by atoms with Gasteiger partial charge in [0, 0.05) is 43.1 Å². The molecule has 0 radical (unpaired) electrons. The number of benzene rings is 2. The number of thiazole rings is 1. The fourth-order valence-corrected chi connectivity index (χ4v) is 6.02. The van der Waals surface area contributed by atoms with Gasteiger partial charge in [0.1, 0.15) is 0 Å². The van der Waals surface area contributed by atoms with Crippen molar-refractivity contribution in [2.24, 2.45) is 0 Å². The zero-order chi connectivity index (χ0) is 22.5. The highest BCUT2D eigenvalue weighted by molar-refractivity contribution is 7.18. The molecule has 1 saturated carbocycles. The second kappa shape index (κ2) is 10.4. The first-order valence-corrected chi connectivity index (χ1v) is 12.9. The van der Waals surface area contributed by atoms with Gasteiger partial charge in [-0.05, 0) is 55.5 Å². The molecule has 2 aliphatic rings. The Labute approximate surface area is 200 Å². The molecule has 1 aliphatic heterocycles. The Hall–Kier alpha value is -2.88. The van der Waals surface area contributed by atoms with Crippen molar-refractivity contribution in [3.63, 3.8) is 0 Å². The Balaban J connectivity index is 1.22. The van der Waals surface area contributed by atoms with E-state index in [1.54, 1.807) is 11.3 Å². The third-order valence-corrected chi connectivity index (χ3v) is 7.85. The van der Waals surface area contributed by atoms with Crippen LogP contribution in [0.15, 0.2) is 60.8 Å². The van der Waals surface area contributed by atoms with Crippen molar-refractivity contribution in [1.29, 1.82) is 5.26 Å². The highest BCUT2D eigenvalue weighted by Gasteiger charge is 2.29. The average molecular weight is 458 g/mol. The first-order valence-electron chi connectivity index (χ1n) is 12.1.